The van der Waals surface area contributed by atoms with E-state index in [-0.39, 0.29) is 0 Å². The molecule has 0 spiro atoms. The minimum absolute atomic E-state index is 0.302. The fraction of sp³-hybridized carbons (Fsp3) is 1.00. The van der Waals surface area contributed by atoms with Crippen molar-refractivity contribution in [3.05, 3.63) is 0 Å². The van der Waals surface area contributed by atoms with Gasteiger partial charge in [-0.3, -0.25) is 0 Å². The maximum Gasteiger partial charge on any atom is 0.147 e. The minimum atomic E-state index is -2.78. The highest BCUT2D eigenvalue weighted by molar-refractivity contribution is 9.09. The molecule has 2 aliphatic carbocycles. The first-order chi connectivity index (χ1) is 6.44. The molecule has 0 amide bonds. The third-order valence-corrected chi connectivity index (χ3v) is 5.88. The molecule has 2 unspecified atom stereocenters. The highest BCUT2D eigenvalue weighted by Crippen LogP contribution is 2.61. The molecule has 0 aromatic rings. The van der Waals surface area contributed by atoms with Gasteiger partial charge in [-0.2, -0.15) is 0 Å². The second kappa shape index (κ2) is 3.48. The number of fused-ring (bicyclic) bond motifs is 1. The van der Waals surface area contributed by atoms with Crippen molar-refractivity contribution in [1.82, 2.24) is 0 Å². The summed E-state index contributed by atoms with van der Waals surface area (Å²) in [6.45, 7) is 0. The molecule has 0 aliphatic heterocycles. The zero-order valence-electron chi connectivity index (χ0n) is 8.50. The average Bonchev–Trinajstić information content (AvgIpc) is 2.70. The van der Waals surface area contributed by atoms with Gasteiger partial charge in [-0.25, -0.2) is 8.42 Å². The van der Waals surface area contributed by atoms with Crippen LogP contribution < -0.4 is 0 Å². The van der Waals surface area contributed by atoms with Gasteiger partial charge in [-0.15, -0.1) is 0 Å². The number of sulfone groups is 1. The number of rotatable bonds is 4. The van der Waals surface area contributed by atoms with Crippen LogP contribution in [-0.4, -0.2) is 25.8 Å². The molecular weight excluding hydrogens is 264 g/mol. The van der Waals surface area contributed by atoms with E-state index in [1.54, 1.807) is 0 Å². The molecule has 2 saturated carbocycles. The molecule has 82 valence electrons. The standard InChI is InChI=1S/C10H17BrO2S/c1-14(12,13)3-2-10(7-11)5-8-4-9(8)6-10/h8-9H,2-7H2,1H3. The Bertz CT molecular complexity index is 313. The molecule has 2 atom stereocenters. The lowest BCUT2D eigenvalue weighted by atomic mass is 9.83. The average molecular weight is 281 g/mol. The van der Waals surface area contributed by atoms with E-state index in [4.69, 9.17) is 0 Å². The minimum Gasteiger partial charge on any atom is -0.229 e. The quantitative estimate of drug-likeness (QED) is 0.741. The predicted octanol–water partition coefficient (Wildman–Crippen LogP) is 2.23. The van der Waals surface area contributed by atoms with Crippen molar-refractivity contribution in [2.75, 3.05) is 17.3 Å². The maximum absolute atomic E-state index is 11.1. The van der Waals surface area contributed by atoms with Gasteiger partial charge < -0.3 is 0 Å². The lowest BCUT2D eigenvalue weighted by Gasteiger charge is -2.28. The normalized spacial score (nSPS) is 41.0. The van der Waals surface area contributed by atoms with Gasteiger partial charge in [0.2, 0.25) is 0 Å². The van der Waals surface area contributed by atoms with E-state index < -0.39 is 9.84 Å². The lowest BCUT2D eigenvalue weighted by molar-refractivity contribution is 0.299. The van der Waals surface area contributed by atoms with Crippen LogP contribution in [0, 0.1) is 17.3 Å². The van der Waals surface area contributed by atoms with Gasteiger partial charge in [0.05, 0.1) is 5.75 Å². The Balaban J connectivity index is 1.94. The van der Waals surface area contributed by atoms with Gasteiger partial charge in [0, 0.05) is 11.6 Å². The largest absolute Gasteiger partial charge is 0.229 e. The van der Waals surface area contributed by atoms with Crippen LogP contribution in [0.15, 0.2) is 0 Å². The molecule has 2 nitrogen and oxygen atoms in total. The van der Waals surface area contributed by atoms with Crippen LogP contribution in [0.3, 0.4) is 0 Å². The Morgan fingerprint density at radius 3 is 2.36 bits per heavy atom. The van der Waals surface area contributed by atoms with Crippen LogP contribution in [0.5, 0.6) is 0 Å². The zero-order valence-corrected chi connectivity index (χ0v) is 10.9. The summed E-state index contributed by atoms with van der Waals surface area (Å²) in [6.07, 6.45) is 6.08. The van der Waals surface area contributed by atoms with Crippen LogP contribution in [-0.2, 0) is 9.84 Å². The SMILES string of the molecule is CS(=O)(=O)CCC1(CBr)CC2CC2C1. The third kappa shape index (κ3) is 2.32. The molecule has 14 heavy (non-hydrogen) atoms. The van der Waals surface area contributed by atoms with Gasteiger partial charge in [-0.05, 0) is 42.9 Å². The summed E-state index contributed by atoms with van der Waals surface area (Å²) >= 11 is 3.55. The number of halogens is 1. The molecule has 0 aromatic carbocycles. The Labute approximate surface area is 94.5 Å². The summed E-state index contributed by atoms with van der Waals surface area (Å²) in [7, 11) is -2.78. The van der Waals surface area contributed by atoms with Crippen LogP contribution in [0.2, 0.25) is 0 Å². The third-order valence-electron chi connectivity index (χ3n) is 3.75. The number of alkyl halides is 1. The summed E-state index contributed by atoms with van der Waals surface area (Å²) in [4.78, 5) is 0. The molecule has 0 N–H and O–H groups in total. The van der Waals surface area contributed by atoms with Crippen molar-refractivity contribution in [1.29, 1.82) is 0 Å². The van der Waals surface area contributed by atoms with Crippen molar-refractivity contribution in [2.24, 2.45) is 17.3 Å². The van der Waals surface area contributed by atoms with Gasteiger partial charge in [0.15, 0.2) is 0 Å². The summed E-state index contributed by atoms with van der Waals surface area (Å²) in [5, 5.41) is 0.975. The van der Waals surface area contributed by atoms with Crippen molar-refractivity contribution in [2.45, 2.75) is 25.7 Å². The topological polar surface area (TPSA) is 34.1 Å². The van der Waals surface area contributed by atoms with E-state index in [9.17, 15) is 8.42 Å². The number of hydrogen-bond donors (Lipinski definition) is 0. The Hall–Kier alpha value is 0.430. The lowest BCUT2D eigenvalue weighted by Crippen LogP contribution is -2.24. The molecule has 0 saturated heterocycles. The highest BCUT2D eigenvalue weighted by Gasteiger charge is 2.52. The van der Waals surface area contributed by atoms with Crippen molar-refractivity contribution in [3.63, 3.8) is 0 Å². The van der Waals surface area contributed by atoms with Crippen molar-refractivity contribution in [3.8, 4) is 0 Å². The molecule has 2 rings (SSSR count). The molecule has 4 heteroatoms. The van der Waals surface area contributed by atoms with Gasteiger partial charge in [-0.1, -0.05) is 15.9 Å². The Morgan fingerprint density at radius 2 is 1.93 bits per heavy atom. The summed E-state index contributed by atoms with van der Waals surface area (Å²) in [5.74, 6) is 2.21. The van der Waals surface area contributed by atoms with E-state index in [1.807, 2.05) is 0 Å². The first-order valence-corrected chi connectivity index (χ1v) is 8.36. The van der Waals surface area contributed by atoms with Crippen molar-refractivity contribution < 1.29 is 8.42 Å². The Kier molecular flexibility index (Phi) is 2.71. The molecule has 2 aliphatic rings. The maximum atomic E-state index is 11.1. The second-order valence-electron chi connectivity index (χ2n) is 5.18. The van der Waals surface area contributed by atoms with Crippen LogP contribution in [0.25, 0.3) is 0 Å². The van der Waals surface area contributed by atoms with Gasteiger partial charge in [0.1, 0.15) is 9.84 Å². The van der Waals surface area contributed by atoms with E-state index in [2.05, 4.69) is 15.9 Å². The van der Waals surface area contributed by atoms with Crippen LogP contribution in [0.4, 0.5) is 0 Å². The molecule has 0 heterocycles. The monoisotopic (exact) mass is 280 g/mol. The summed E-state index contributed by atoms with van der Waals surface area (Å²) < 4.78 is 22.2. The second-order valence-corrected chi connectivity index (χ2v) is 8.00. The zero-order chi connectivity index (χ0) is 10.4. The van der Waals surface area contributed by atoms with Crippen LogP contribution in [0.1, 0.15) is 25.7 Å². The van der Waals surface area contributed by atoms with Gasteiger partial charge in [0.25, 0.3) is 0 Å². The van der Waals surface area contributed by atoms with Gasteiger partial charge >= 0.3 is 0 Å². The first kappa shape index (κ1) is 10.9. The summed E-state index contributed by atoms with van der Waals surface area (Å²) in [5.41, 5.74) is 0.302. The smallest absolute Gasteiger partial charge is 0.147 e. The predicted molar refractivity (Wildman–Crippen MR) is 61.4 cm³/mol. The molecule has 0 bridgehead atoms. The number of hydrogen-bond acceptors (Lipinski definition) is 2. The first-order valence-electron chi connectivity index (χ1n) is 5.18. The fourth-order valence-corrected chi connectivity index (χ4v) is 4.33. The molecular formula is C10H17BrO2S. The molecule has 0 radical (unpaired) electrons. The van der Waals surface area contributed by atoms with E-state index in [0.717, 1.165) is 23.6 Å². The fourth-order valence-electron chi connectivity index (χ4n) is 2.79. The molecule has 0 aromatic heterocycles. The summed E-state index contributed by atoms with van der Waals surface area (Å²) in [6, 6.07) is 0. The van der Waals surface area contributed by atoms with E-state index in [1.165, 1.54) is 25.5 Å². The van der Waals surface area contributed by atoms with E-state index >= 15 is 0 Å². The van der Waals surface area contributed by atoms with Crippen molar-refractivity contribution >= 4 is 25.8 Å². The van der Waals surface area contributed by atoms with Crippen LogP contribution >= 0.6 is 15.9 Å². The van der Waals surface area contributed by atoms with E-state index in [0.29, 0.717) is 11.2 Å². The highest BCUT2D eigenvalue weighted by atomic mass is 79.9. The Morgan fingerprint density at radius 1 is 1.36 bits per heavy atom. The molecule has 2 fully saturated rings.